The standard InChI is InChI=1S/C9H9N3O5S/c1-17-8(14)5-2-6(13)11(4-5)9-10-3-7(18-9)12(15)16/h3,5H,2,4H2,1H3. The SMILES string of the molecule is COC(=O)C1CC(=O)N(c2ncc([N+](=O)[O-])s2)C1. The molecule has 0 N–H and O–H groups in total. The van der Waals surface area contributed by atoms with Gasteiger partial charge in [0.15, 0.2) is 5.13 Å². The van der Waals surface area contributed by atoms with E-state index in [0.29, 0.717) is 0 Å². The fraction of sp³-hybridized carbons (Fsp3) is 0.444. The predicted octanol–water partition coefficient (Wildman–Crippen LogP) is 0.577. The third-order valence-electron chi connectivity index (χ3n) is 2.55. The van der Waals surface area contributed by atoms with Crippen molar-refractivity contribution in [3.8, 4) is 0 Å². The van der Waals surface area contributed by atoms with Crippen molar-refractivity contribution < 1.29 is 19.2 Å². The van der Waals surface area contributed by atoms with Crippen molar-refractivity contribution in [3.05, 3.63) is 16.3 Å². The number of nitrogens with zero attached hydrogens (tertiary/aromatic N) is 3. The van der Waals surface area contributed by atoms with E-state index >= 15 is 0 Å². The number of ether oxygens (including phenoxy) is 1. The lowest BCUT2D eigenvalue weighted by atomic mass is 10.1. The zero-order valence-corrected chi connectivity index (χ0v) is 10.2. The Morgan fingerprint density at radius 2 is 2.44 bits per heavy atom. The van der Waals surface area contributed by atoms with E-state index in [0.717, 1.165) is 17.5 Å². The van der Waals surface area contributed by atoms with Crippen LogP contribution in [0, 0.1) is 16.0 Å². The summed E-state index contributed by atoms with van der Waals surface area (Å²) in [7, 11) is 1.25. The van der Waals surface area contributed by atoms with E-state index in [2.05, 4.69) is 9.72 Å². The second-order valence-electron chi connectivity index (χ2n) is 3.67. The van der Waals surface area contributed by atoms with E-state index in [-0.39, 0.29) is 29.0 Å². The van der Waals surface area contributed by atoms with Crippen LogP contribution in [0.1, 0.15) is 6.42 Å². The smallest absolute Gasteiger partial charge is 0.345 e. The zero-order valence-electron chi connectivity index (χ0n) is 9.36. The Morgan fingerprint density at radius 3 is 3.00 bits per heavy atom. The minimum Gasteiger partial charge on any atom is -0.469 e. The molecule has 1 fully saturated rings. The monoisotopic (exact) mass is 271 g/mol. The Labute approximate surface area is 105 Å². The highest BCUT2D eigenvalue weighted by Gasteiger charge is 2.37. The van der Waals surface area contributed by atoms with E-state index in [9.17, 15) is 19.7 Å². The number of nitro groups is 1. The van der Waals surface area contributed by atoms with Crippen molar-refractivity contribution in [2.24, 2.45) is 5.92 Å². The molecule has 1 aromatic heterocycles. The lowest BCUT2D eigenvalue weighted by Gasteiger charge is -2.11. The van der Waals surface area contributed by atoms with Crippen molar-refractivity contribution in [1.29, 1.82) is 0 Å². The number of anilines is 1. The number of methoxy groups -OCH3 is 1. The maximum absolute atomic E-state index is 11.7. The summed E-state index contributed by atoms with van der Waals surface area (Å²) in [4.78, 5) is 38.1. The Balaban J connectivity index is 2.16. The maximum Gasteiger partial charge on any atom is 0.345 e. The number of hydrogen-bond donors (Lipinski definition) is 0. The number of amides is 1. The van der Waals surface area contributed by atoms with Crippen LogP contribution in [-0.4, -0.2) is 35.4 Å². The Hall–Kier alpha value is -2.03. The molecular weight excluding hydrogens is 262 g/mol. The molecule has 0 bridgehead atoms. The zero-order chi connectivity index (χ0) is 13.3. The average molecular weight is 271 g/mol. The Kier molecular flexibility index (Phi) is 3.24. The van der Waals surface area contributed by atoms with Gasteiger partial charge < -0.3 is 4.74 Å². The van der Waals surface area contributed by atoms with Gasteiger partial charge in [-0.1, -0.05) is 0 Å². The van der Waals surface area contributed by atoms with E-state index in [1.165, 1.54) is 12.0 Å². The van der Waals surface area contributed by atoms with Gasteiger partial charge in [0.25, 0.3) is 0 Å². The molecule has 1 amide bonds. The Bertz CT molecular complexity index is 514. The van der Waals surface area contributed by atoms with Gasteiger partial charge in [-0.25, -0.2) is 4.98 Å². The number of esters is 1. The number of aromatic nitrogens is 1. The van der Waals surface area contributed by atoms with Crippen LogP contribution >= 0.6 is 11.3 Å². The number of rotatable bonds is 3. The maximum atomic E-state index is 11.7. The molecule has 0 saturated carbocycles. The molecule has 1 aliphatic rings. The van der Waals surface area contributed by atoms with E-state index in [4.69, 9.17) is 0 Å². The summed E-state index contributed by atoms with van der Waals surface area (Å²) in [6.07, 6.45) is 1.14. The average Bonchev–Trinajstić information content (AvgIpc) is 2.94. The molecule has 1 aliphatic heterocycles. The molecule has 1 aromatic rings. The second kappa shape index (κ2) is 4.69. The van der Waals surface area contributed by atoms with Crippen LogP contribution in [0.15, 0.2) is 6.20 Å². The van der Waals surface area contributed by atoms with Gasteiger partial charge in [0.2, 0.25) is 5.91 Å². The van der Waals surface area contributed by atoms with Gasteiger partial charge in [-0.2, -0.15) is 0 Å². The largest absolute Gasteiger partial charge is 0.469 e. The van der Waals surface area contributed by atoms with Crippen molar-refractivity contribution in [3.63, 3.8) is 0 Å². The summed E-state index contributed by atoms with van der Waals surface area (Å²) < 4.78 is 4.57. The number of carbonyl (C=O) groups is 2. The minimum absolute atomic E-state index is 0.0417. The van der Waals surface area contributed by atoms with Crippen molar-refractivity contribution in [1.82, 2.24) is 4.98 Å². The molecule has 0 spiro atoms. The first kappa shape index (κ1) is 12.4. The van der Waals surface area contributed by atoms with Crippen molar-refractivity contribution >= 4 is 33.3 Å². The lowest BCUT2D eigenvalue weighted by molar-refractivity contribution is -0.380. The first-order valence-electron chi connectivity index (χ1n) is 5.01. The van der Waals surface area contributed by atoms with E-state index in [1.54, 1.807) is 0 Å². The molecule has 1 saturated heterocycles. The van der Waals surface area contributed by atoms with Gasteiger partial charge in [-0.15, -0.1) is 0 Å². The molecule has 0 radical (unpaired) electrons. The molecule has 2 heterocycles. The van der Waals surface area contributed by atoms with Gasteiger partial charge in [-0.05, 0) is 11.3 Å². The lowest BCUT2D eigenvalue weighted by Crippen LogP contribution is -2.25. The van der Waals surface area contributed by atoms with Gasteiger partial charge in [-0.3, -0.25) is 24.6 Å². The second-order valence-corrected chi connectivity index (χ2v) is 4.65. The minimum atomic E-state index is -0.570. The summed E-state index contributed by atoms with van der Waals surface area (Å²) in [6.45, 7) is 0.149. The molecular formula is C9H9N3O5S. The third kappa shape index (κ3) is 2.16. The highest BCUT2D eigenvalue weighted by molar-refractivity contribution is 7.18. The van der Waals surface area contributed by atoms with Crippen LogP contribution in [-0.2, 0) is 14.3 Å². The van der Waals surface area contributed by atoms with E-state index < -0.39 is 16.8 Å². The predicted molar refractivity (Wildman–Crippen MR) is 61.2 cm³/mol. The topological polar surface area (TPSA) is 103 Å². The normalized spacial score (nSPS) is 19.1. The summed E-state index contributed by atoms with van der Waals surface area (Å²) in [6, 6.07) is 0. The molecule has 2 rings (SSSR count). The van der Waals surface area contributed by atoms with Gasteiger partial charge in [0.05, 0.1) is 18.0 Å². The molecule has 8 nitrogen and oxygen atoms in total. The summed E-state index contributed by atoms with van der Waals surface area (Å²) >= 11 is 0.806. The van der Waals surface area contributed by atoms with Crippen LogP contribution < -0.4 is 4.90 Å². The molecule has 0 aliphatic carbocycles. The van der Waals surface area contributed by atoms with Crippen LogP contribution in [0.4, 0.5) is 10.1 Å². The number of carbonyl (C=O) groups excluding carboxylic acids is 2. The van der Waals surface area contributed by atoms with Gasteiger partial charge >= 0.3 is 11.0 Å². The molecule has 18 heavy (non-hydrogen) atoms. The van der Waals surface area contributed by atoms with Crippen molar-refractivity contribution in [2.45, 2.75) is 6.42 Å². The number of hydrogen-bond acceptors (Lipinski definition) is 7. The summed E-state index contributed by atoms with van der Waals surface area (Å²) in [5, 5.41) is 10.6. The van der Waals surface area contributed by atoms with Crippen LogP contribution in [0.2, 0.25) is 0 Å². The molecule has 0 aromatic carbocycles. The van der Waals surface area contributed by atoms with Crippen LogP contribution in [0.5, 0.6) is 0 Å². The molecule has 1 atom stereocenters. The fourth-order valence-corrected chi connectivity index (χ4v) is 2.44. The first-order valence-corrected chi connectivity index (χ1v) is 5.83. The quantitative estimate of drug-likeness (QED) is 0.452. The Morgan fingerprint density at radius 1 is 1.72 bits per heavy atom. The highest BCUT2D eigenvalue weighted by Crippen LogP contribution is 2.32. The van der Waals surface area contributed by atoms with Crippen LogP contribution in [0.3, 0.4) is 0 Å². The molecule has 96 valence electrons. The van der Waals surface area contributed by atoms with Gasteiger partial charge in [0, 0.05) is 13.0 Å². The molecule has 1 unspecified atom stereocenters. The van der Waals surface area contributed by atoms with Crippen LogP contribution in [0.25, 0.3) is 0 Å². The third-order valence-corrected chi connectivity index (χ3v) is 3.52. The molecule has 9 heteroatoms. The number of thiazole rings is 1. The van der Waals surface area contributed by atoms with Gasteiger partial charge in [0.1, 0.15) is 6.20 Å². The van der Waals surface area contributed by atoms with Crippen molar-refractivity contribution in [2.75, 3.05) is 18.6 Å². The summed E-state index contributed by atoms with van der Waals surface area (Å²) in [5.41, 5.74) is 0. The highest BCUT2D eigenvalue weighted by atomic mass is 32.1. The fourth-order valence-electron chi connectivity index (χ4n) is 1.68. The first-order chi connectivity index (χ1) is 8.52. The van der Waals surface area contributed by atoms with E-state index in [1.807, 2.05) is 0 Å². The summed E-state index contributed by atoms with van der Waals surface area (Å²) in [5.74, 6) is -1.28.